The van der Waals surface area contributed by atoms with Crippen LogP contribution in [0, 0.1) is 24.4 Å². The average Bonchev–Trinajstić information content (AvgIpc) is 2.69. The molecule has 0 atom stereocenters. The molecule has 1 aromatic carbocycles. The van der Waals surface area contributed by atoms with E-state index in [0.29, 0.717) is 11.1 Å². The van der Waals surface area contributed by atoms with Crippen LogP contribution in [0.3, 0.4) is 0 Å². The zero-order chi connectivity index (χ0) is 15.3. The maximum atomic E-state index is 13.6. The number of hydrogen-bond donors (Lipinski definition) is 1. The molecule has 2 heterocycles. The molecule has 0 spiro atoms. The largest absolute Gasteiger partial charge is 0.323 e. The molecule has 0 aliphatic heterocycles. The van der Waals surface area contributed by atoms with Crippen molar-refractivity contribution in [1.29, 1.82) is 0 Å². The van der Waals surface area contributed by atoms with Crippen molar-refractivity contribution in [3.8, 4) is 5.69 Å². The van der Waals surface area contributed by atoms with Gasteiger partial charge in [-0.25, -0.2) is 4.39 Å². The quantitative estimate of drug-likeness (QED) is 0.661. The summed E-state index contributed by atoms with van der Waals surface area (Å²) in [6.07, 6.45) is 0. The Hall–Kier alpha value is -1.50. The monoisotopic (exact) mass is 340 g/mol. The summed E-state index contributed by atoms with van der Waals surface area (Å²) in [6.45, 7) is 3.84. The summed E-state index contributed by atoms with van der Waals surface area (Å²) in [5.41, 5.74) is 1.01. The van der Waals surface area contributed by atoms with Gasteiger partial charge >= 0.3 is 0 Å². The lowest BCUT2D eigenvalue weighted by Crippen LogP contribution is -2.20. The van der Waals surface area contributed by atoms with E-state index in [4.69, 9.17) is 23.8 Å². The molecule has 0 amide bonds. The van der Waals surface area contributed by atoms with Gasteiger partial charge in [0, 0.05) is 4.88 Å². The zero-order valence-corrected chi connectivity index (χ0v) is 13.5. The molecule has 0 unspecified atom stereocenters. The van der Waals surface area contributed by atoms with Gasteiger partial charge in [-0.05, 0) is 49.8 Å². The highest BCUT2D eigenvalue weighted by Crippen LogP contribution is 2.26. The van der Waals surface area contributed by atoms with E-state index in [1.54, 1.807) is 6.07 Å². The van der Waals surface area contributed by atoms with Crippen LogP contribution in [0.4, 0.5) is 4.39 Å². The Labute approximate surface area is 133 Å². The topological polar surface area (TPSA) is 37.8 Å². The SMILES string of the molecule is Cc1sc2[nH]c(=S)n(-c3ccc(Cl)c(F)c3)c(=O)c2c1C. The molecule has 2 aromatic heterocycles. The van der Waals surface area contributed by atoms with Crippen LogP contribution in [-0.2, 0) is 0 Å². The number of nitrogens with zero attached hydrogens (tertiary/aromatic N) is 1. The minimum atomic E-state index is -0.589. The van der Waals surface area contributed by atoms with Crippen molar-refractivity contribution in [2.24, 2.45) is 0 Å². The van der Waals surface area contributed by atoms with Gasteiger partial charge in [-0.15, -0.1) is 11.3 Å². The number of aromatic nitrogens is 2. The van der Waals surface area contributed by atoms with E-state index in [0.717, 1.165) is 15.3 Å². The number of fused-ring (bicyclic) bond motifs is 1. The third-order valence-corrected chi connectivity index (χ3v) is 5.10. The van der Waals surface area contributed by atoms with E-state index < -0.39 is 5.82 Å². The van der Waals surface area contributed by atoms with E-state index >= 15 is 0 Å². The van der Waals surface area contributed by atoms with Gasteiger partial charge < -0.3 is 4.98 Å². The van der Waals surface area contributed by atoms with Gasteiger partial charge in [-0.1, -0.05) is 11.6 Å². The molecular formula is C14H10ClFN2OS2. The molecule has 0 fully saturated rings. The normalized spacial score (nSPS) is 11.2. The molecule has 0 bridgehead atoms. The van der Waals surface area contributed by atoms with E-state index in [-0.39, 0.29) is 15.4 Å². The van der Waals surface area contributed by atoms with Gasteiger partial charge in [0.15, 0.2) is 4.77 Å². The summed E-state index contributed by atoms with van der Waals surface area (Å²) in [5, 5.41) is 0.590. The van der Waals surface area contributed by atoms with E-state index in [1.165, 1.54) is 28.0 Å². The fraction of sp³-hybridized carbons (Fsp3) is 0.143. The molecule has 0 saturated heterocycles. The van der Waals surface area contributed by atoms with Crippen molar-refractivity contribution in [3.63, 3.8) is 0 Å². The number of rotatable bonds is 1. The first kappa shape index (κ1) is 14.4. The number of H-pyrrole nitrogens is 1. The molecule has 3 nitrogen and oxygen atoms in total. The number of aryl methyl sites for hydroxylation is 2. The molecule has 108 valence electrons. The van der Waals surface area contributed by atoms with Gasteiger partial charge in [0.2, 0.25) is 0 Å². The zero-order valence-electron chi connectivity index (χ0n) is 11.2. The third kappa shape index (κ3) is 2.23. The summed E-state index contributed by atoms with van der Waals surface area (Å²) in [4.78, 5) is 17.5. The summed E-state index contributed by atoms with van der Waals surface area (Å²) >= 11 is 12.4. The summed E-state index contributed by atoms with van der Waals surface area (Å²) in [7, 11) is 0. The molecule has 3 aromatic rings. The fourth-order valence-corrected chi connectivity index (χ4v) is 3.71. The van der Waals surface area contributed by atoms with Crippen molar-refractivity contribution in [3.05, 3.63) is 54.6 Å². The van der Waals surface area contributed by atoms with Crippen LogP contribution in [0.5, 0.6) is 0 Å². The average molecular weight is 341 g/mol. The number of hydrogen-bond acceptors (Lipinski definition) is 3. The number of halogens is 2. The fourth-order valence-electron chi connectivity index (χ4n) is 2.19. The van der Waals surface area contributed by atoms with Gasteiger partial charge in [0.1, 0.15) is 10.6 Å². The smallest absolute Gasteiger partial charge is 0.267 e. The molecule has 7 heteroatoms. The lowest BCUT2D eigenvalue weighted by Gasteiger charge is -2.07. The van der Waals surface area contributed by atoms with Crippen LogP contribution in [0.25, 0.3) is 15.9 Å². The molecular weight excluding hydrogens is 331 g/mol. The standard InChI is InChI=1S/C14H10ClFN2OS2/c1-6-7(2)21-12-11(6)13(19)18(14(20)17-12)8-3-4-9(15)10(16)5-8/h3-5H,1-2H3,(H,17,20). The highest BCUT2D eigenvalue weighted by Gasteiger charge is 2.14. The lowest BCUT2D eigenvalue weighted by atomic mass is 10.2. The van der Waals surface area contributed by atoms with Gasteiger partial charge in [0.25, 0.3) is 5.56 Å². The third-order valence-electron chi connectivity index (χ3n) is 3.39. The Morgan fingerprint density at radius 3 is 2.76 bits per heavy atom. The second kappa shape index (κ2) is 5.05. The number of nitrogens with one attached hydrogen (secondary N) is 1. The second-order valence-electron chi connectivity index (χ2n) is 4.66. The van der Waals surface area contributed by atoms with Crippen molar-refractivity contribution >= 4 is 45.4 Å². The van der Waals surface area contributed by atoms with E-state index in [1.807, 2.05) is 13.8 Å². The van der Waals surface area contributed by atoms with Crippen molar-refractivity contribution in [2.75, 3.05) is 0 Å². The van der Waals surface area contributed by atoms with Crippen molar-refractivity contribution in [2.45, 2.75) is 13.8 Å². The number of thiophene rings is 1. The predicted octanol–water partition coefficient (Wildman–Crippen LogP) is 4.52. The van der Waals surface area contributed by atoms with Crippen LogP contribution in [0.2, 0.25) is 5.02 Å². The van der Waals surface area contributed by atoms with Gasteiger partial charge in [-0.3, -0.25) is 9.36 Å². The predicted molar refractivity (Wildman–Crippen MR) is 87.0 cm³/mol. The number of benzene rings is 1. The highest BCUT2D eigenvalue weighted by molar-refractivity contribution is 7.71. The summed E-state index contributed by atoms with van der Waals surface area (Å²) in [6, 6.07) is 4.17. The van der Waals surface area contributed by atoms with E-state index in [9.17, 15) is 9.18 Å². The molecule has 21 heavy (non-hydrogen) atoms. The molecule has 1 N–H and O–H groups in total. The first-order chi connectivity index (χ1) is 9.90. The van der Waals surface area contributed by atoms with Crippen LogP contribution in [0.1, 0.15) is 10.4 Å². The molecule has 0 saturated carbocycles. The molecule has 0 aliphatic carbocycles. The first-order valence-corrected chi connectivity index (χ1v) is 7.71. The van der Waals surface area contributed by atoms with Gasteiger partial charge in [-0.2, -0.15) is 0 Å². The lowest BCUT2D eigenvalue weighted by molar-refractivity contribution is 0.626. The number of aromatic amines is 1. The summed E-state index contributed by atoms with van der Waals surface area (Å²) in [5.74, 6) is -0.589. The minimum Gasteiger partial charge on any atom is -0.323 e. The van der Waals surface area contributed by atoms with Crippen LogP contribution < -0.4 is 5.56 Å². The highest BCUT2D eigenvalue weighted by atomic mass is 35.5. The van der Waals surface area contributed by atoms with E-state index in [2.05, 4.69) is 4.98 Å². The molecule has 3 rings (SSSR count). The van der Waals surface area contributed by atoms with Crippen LogP contribution >= 0.6 is 35.2 Å². The van der Waals surface area contributed by atoms with Crippen LogP contribution in [-0.4, -0.2) is 9.55 Å². The second-order valence-corrected chi connectivity index (χ2v) is 6.68. The Morgan fingerprint density at radius 2 is 2.10 bits per heavy atom. The minimum absolute atomic E-state index is 0.00494. The molecule has 0 aliphatic rings. The van der Waals surface area contributed by atoms with Crippen molar-refractivity contribution in [1.82, 2.24) is 9.55 Å². The van der Waals surface area contributed by atoms with Crippen LogP contribution in [0.15, 0.2) is 23.0 Å². The maximum Gasteiger partial charge on any atom is 0.267 e. The summed E-state index contributed by atoms with van der Waals surface area (Å²) < 4.78 is 15.2. The first-order valence-electron chi connectivity index (χ1n) is 6.10. The molecule has 0 radical (unpaired) electrons. The maximum absolute atomic E-state index is 13.6. The Bertz CT molecular complexity index is 987. The Kier molecular flexibility index (Phi) is 3.47. The van der Waals surface area contributed by atoms with Crippen molar-refractivity contribution < 1.29 is 4.39 Å². The Morgan fingerprint density at radius 1 is 1.38 bits per heavy atom. The van der Waals surface area contributed by atoms with Gasteiger partial charge in [0.05, 0.1) is 16.1 Å². The Balaban J connectivity index is 2.42.